The van der Waals surface area contributed by atoms with Crippen molar-refractivity contribution in [3.63, 3.8) is 0 Å². The minimum absolute atomic E-state index is 0.00463. The van der Waals surface area contributed by atoms with Crippen molar-refractivity contribution in [3.8, 4) is 0 Å². The van der Waals surface area contributed by atoms with Crippen LogP contribution < -0.4 is 10.6 Å². The van der Waals surface area contributed by atoms with Gasteiger partial charge in [0.1, 0.15) is 0 Å². The van der Waals surface area contributed by atoms with Crippen molar-refractivity contribution in [3.05, 3.63) is 33.8 Å². The van der Waals surface area contributed by atoms with Crippen LogP contribution in [0.2, 0.25) is 10.0 Å². The smallest absolute Gasteiger partial charge is 0.236 e. The third-order valence-corrected chi connectivity index (χ3v) is 3.15. The summed E-state index contributed by atoms with van der Waals surface area (Å²) in [5.41, 5.74) is 0.888. The molecule has 0 saturated carbocycles. The highest BCUT2D eigenvalue weighted by Crippen LogP contribution is 2.20. The van der Waals surface area contributed by atoms with Crippen LogP contribution >= 0.6 is 23.2 Å². The highest BCUT2D eigenvalue weighted by molar-refractivity contribution is 6.33. The zero-order valence-corrected chi connectivity index (χ0v) is 12.1. The molecule has 1 atom stereocenters. The Balaban J connectivity index is 2.49. The number of hydrogen-bond donors (Lipinski definition) is 2. The second kappa shape index (κ2) is 7.62. The van der Waals surface area contributed by atoms with Gasteiger partial charge in [-0.15, -0.1) is 0 Å². The molecule has 0 heterocycles. The number of nitrogens with one attached hydrogen (secondary N) is 2. The third kappa shape index (κ3) is 4.84. The van der Waals surface area contributed by atoms with Crippen LogP contribution in [0.25, 0.3) is 0 Å². The number of benzene rings is 1. The molecule has 0 fully saturated rings. The van der Waals surface area contributed by atoms with E-state index < -0.39 is 0 Å². The molecule has 0 spiro atoms. The van der Waals surface area contributed by atoms with Gasteiger partial charge in [0.05, 0.1) is 6.04 Å². The van der Waals surface area contributed by atoms with Gasteiger partial charge < -0.3 is 10.6 Å². The first kappa shape index (κ1) is 15.3. The Labute approximate surface area is 118 Å². The first-order valence-electron chi connectivity index (χ1n) is 5.99. The van der Waals surface area contributed by atoms with Crippen molar-refractivity contribution in [2.75, 3.05) is 6.54 Å². The van der Waals surface area contributed by atoms with E-state index in [2.05, 4.69) is 10.6 Å². The molecule has 1 aromatic rings. The molecule has 0 aliphatic rings. The van der Waals surface area contributed by atoms with Gasteiger partial charge in [-0.2, -0.15) is 0 Å². The van der Waals surface area contributed by atoms with Gasteiger partial charge in [0, 0.05) is 23.1 Å². The standard InChI is InChI=1S/C13H18Cl2N2O/c1-3-6-16-13(18)9(2)17-8-10-7-11(14)4-5-12(10)15/h4-5,7,9,17H,3,6,8H2,1-2H3,(H,16,18). The molecule has 1 rings (SSSR count). The molecular formula is C13H18Cl2N2O. The second-order valence-corrected chi connectivity index (χ2v) is 4.97. The summed E-state index contributed by atoms with van der Waals surface area (Å²) in [4.78, 5) is 11.6. The van der Waals surface area contributed by atoms with Crippen molar-refractivity contribution in [2.45, 2.75) is 32.9 Å². The molecule has 1 aromatic carbocycles. The Morgan fingerprint density at radius 2 is 2.11 bits per heavy atom. The lowest BCUT2D eigenvalue weighted by atomic mass is 10.2. The number of halogens is 2. The van der Waals surface area contributed by atoms with E-state index in [4.69, 9.17) is 23.2 Å². The molecular weight excluding hydrogens is 271 g/mol. The van der Waals surface area contributed by atoms with Crippen molar-refractivity contribution in [1.29, 1.82) is 0 Å². The van der Waals surface area contributed by atoms with Crippen LogP contribution in [0.3, 0.4) is 0 Å². The van der Waals surface area contributed by atoms with Crippen LogP contribution in [-0.4, -0.2) is 18.5 Å². The maximum Gasteiger partial charge on any atom is 0.236 e. The quantitative estimate of drug-likeness (QED) is 0.845. The van der Waals surface area contributed by atoms with Crippen LogP contribution in [0.1, 0.15) is 25.8 Å². The predicted molar refractivity (Wildman–Crippen MR) is 76.1 cm³/mol. The average Bonchev–Trinajstić information content (AvgIpc) is 2.36. The van der Waals surface area contributed by atoms with E-state index in [-0.39, 0.29) is 11.9 Å². The van der Waals surface area contributed by atoms with Gasteiger partial charge >= 0.3 is 0 Å². The SMILES string of the molecule is CCCNC(=O)C(C)NCc1cc(Cl)ccc1Cl. The lowest BCUT2D eigenvalue weighted by Gasteiger charge is -2.14. The normalized spacial score (nSPS) is 12.2. The van der Waals surface area contributed by atoms with E-state index in [1.54, 1.807) is 18.2 Å². The number of hydrogen-bond acceptors (Lipinski definition) is 2. The van der Waals surface area contributed by atoms with Gasteiger partial charge in [0.25, 0.3) is 0 Å². The molecule has 0 bridgehead atoms. The van der Waals surface area contributed by atoms with Crippen molar-refractivity contribution in [2.24, 2.45) is 0 Å². The number of rotatable bonds is 6. The minimum atomic E-state index is -0.258. The first-order chi connectivity index (χ1) is 8.54. The zero-order chi connectivity index (χ0) is 13.5. The monoisotopic (exact) mass is 288 g/mol. The molecule has 2 N–H and O–H groups in total. The number of carbonyl (C=O) groups is 1. The Morgan fingerprint density at radius 1 is 1.39 bits per heavy atom. The topological polar surface area (TPSA) is 41.1 Å². The van der Waals surface area contributed by atoms with Gasteiger partial charge in [-0.25, -0.2) is 0 Å². The van der Waals surface area contributed by atoms with Crippen LogP contribution in [0.5, 0.6) is 0 Å². The van der Waals surface area contributed by atoms with Gasteiger partial charge in [0.15, 0.2) is 0 Å². The first-order valence-corrected chi connectivity index (χ1v) is 6.75. The minimum Gasteiger partial charge on any atom is -0.355 e. The maximum atomic E-state index is 11.6. The Kier molecular flexibility index (Phi) is 6.47. The van der Waals surface area contributed by atoms with Gasteiger partial charge in [0.2, 0.25) is 5.91 Å². The molecule has 18 heavy (non-hydrogen) atoms. The Bertz CT molecular complexity index is 410. The molecule has 0 aliphatic heterocycles. The lowest BCUT2D eigenvalue weighted by molar-refractivity contribution is -0.122. The molecule has 0 aromatic heterocycles. The van der Waals surface area contributed by atoms with E-state index in [0.29, 0.717) is 23.1 Å². The van der Waals surface area contributed by atoms with Gasteiger partial charge in [-0.3, -0.25) is 4.79 Å². The Morgan fingerprint density at radius 3 is 2.78 bits per heavy atom. The summed E-state index contributed by atoms with van der Waals surface area (Å²) in [6.07, 6.45) is 0.929. The highest BCUT2D eigenvalue weighted by Gasteiger charge is 2.11. The lowest BCUT2D eigenvalue weighted by Crippen LogP contribution is -2.42. The van der Waals surface area contributed by atoms with E-state index in [9.17, 15) is 4.79 Å². The summed E-state index contributed by atoms with van der Waals surface area (Å²) >= 11 is 11.9. The summed E-state index contributed by atoms with van der Waals surface area (Å²) in [5, 5.41) is 7.24. The van der Waals surface area contributed by atoms with Crippen molar-refractivity contribution < 1.29 is 4.79 Å². The van der Waals surface area contributed by atoms with Crippen molar-refractivity contribution in [1.82, 2.24) is 10.6 Å². The van der Waals surface area contributed by atoms with Gasteiger partial charge in [-0.05, 0) is 37.1 Å². The number of amides is 1. The predicted octanol–water partition coefficient (Wildman–Crippen LogP) is 3.00. The van der Waals surface area contributed by atoms with Crippen LogP contribution in [-0.2, 0) is 11.3 Å². The maximum absolute atomic E-state index is 11.6. The van der Waals surface area contributed by atoms with E-state index in [1.165, 1.54) is 0 Å². The molecule has 3 nitrogen and oxygen atoms in total. The third-order valence-electron chi connectivity index (χ3n) is 2.55. The van der Waals surface area contributed by atoms with Crippen LogP contribution in [0.4, 0.5) is 0 Å². The molecule has 5 heteroatoms. The van der Waals surface area contributed by atoms with Gasteiger partial charge in [-0.1, -0.05) is 30.1 Å². The second-order valence-electron chi connectivity index (χ2n) is 4.13. The molecule has 0 aliphatic carbocycles. The largest absolute Gasteiger partial charge is 0.355 e. The summed E-state index contributed by atoms with van der Waals surface area (Å²) in [5.74, 6) is -0.00463. The molecule has 0 radical (unpaired) electrons. The fraction of sp³-hybridized carbons (Fsp3) is 0.462. The summed E-state index contributed by atoms with van der Waals surface area (Å²) in [7, 11) is 0. The molecule has 1 unspecified atom stereocenters. The van der Waals surface area contributed by atoms with Crippen LogP contribution in [0, 0.1) is 0 Å². The van der Waals surface area contributed by atoms with Crippen LogP contribution in [0.15, 0.2) is 18.2 Å². The fourth-order valence-electron chi connectivity index (χ4n) is 1.44. The van der Waals surface area contributed by atoms with Crippen molar-refractivity contribution >= 4 is 29.1 Å². The number of carbonyl (C=O) groups excluding carboxylic acids is 1. The van der Waals surface area contributed by atoms with E-state index in [1.807, 2.05) is 13.8 Å². The molecule has 0 saturated heterocycles. The molecule has 1 amide bonds. The highest BCUT2D eigenvalue weighted by atomic mass is 35.5. The Hall–Kier alpha value is -0.770. The zero-order valence-electron chi connectivity index (χ0n) is 10.6. The fourth-order valence-corrected chi connectivity index (χ4v) is 1.81. The summed E-state index contributed by atoms with van der Waals surface area (Å²) in [6.45, 7) is 5.05. The van der Waals surface area contributed by atoms with E-state index in [0.717, 1.165) is 12.0 Å². The summed E-state index contributed by atoms with van der Waals surface area (Å²) < 4.78 is 0. The average molecular weight is 289 g/mol. The van der Waals surface area contributed by atoms with E-state index >= 15 is 0 Å². The molecule has 100 valence electrons. The summed E-state index contributed by atoms with van der Waals surface area (Å²) in [6, 6.07) is 5.03.